The van der Waals surface area contributed by atoms with E-state index in [-0.39, 0.29) is 19.0 Å². The van der Waals surface area contributed by atoms with E-state index in [0.717, 1.165) is 0 Å². The van der Waals surface area contributed by atoms with Crippen LogP contribution in [0.1, 0.15) is 12.8 Å². The summed E-state index contributed by atoms with van der Waals surface area (Å²) in [7, 11) is 0. The molecule has 1 rings (SSSR count). The second-order valence-corrected chi connectivity index (χ2v) is 3.52. The van der Waals surface area contributed by atoms with Gasteiger partial charge in [0.15, 0.2) is 0 Å². The summed E-state index contributed by atoms with van der Waals surface area (Å²) in [5, 5.41) is 8.58. The molecule has 0 unspecified atom stereocenters. The Bertz CT molecular complexity index is 271. The van der Waals surface area contributed by atoms with Crippen molar-refractivity contribution in [2.45, 2.75) is 18.4 Å². The third-order valence-corrected chi connectivity index (χ3v) is 2.18. The van der Waals surface area contributed by atoms with Crippen molar-refractivity contribution in [3.8, 4) is 0 Å². The first-order valence-corrected chi connectivity index (χ1v) is 4.40. The zero-order chi connectivity index (χ0) is 10.8. The molecule has 0 aromatic carbocycles. The maximum Gasteiger partial charge on any atom is 0.323 e. The second kappa shape index (κ2) is 3.79. The lowest BCUT2D eigenvalue weighted by Crippen LogP contribution is -2.47. The average Bonchev–Trinajstić information content (AvgIpc) is 2.82. The van der Waals surface area contributed by atoms with Gasteiger partial charge in [-0.1, -0.05) is 6.08 Å². The third-order valence-electron chi connectivity index (χ3n) is 2.18. The van der Waals surface area contributed by atoms with E-state index in [1.807, 2.05) is 0 Å². The molecule has 0 atom stereocenters. The lowest BCUT2D eigenvalue weighted by Gasteiger charge is -2.22. The molecule has 0 radical (unpaired) electrons. The number of rotatable bonds is 5. The molecular formula is C9H14N2O3. The number of amides is 1. The molecule has 0 aromatic heterocycles. The molecule has 1 saturated carbocycles. The lowest BCUT2D eigenvalue weighted by atomic mass is 10.2. The van der Waals surface area contributed by atoms with E-state index in [9.17, 15) is 9.59 Å². The first-order chi connectivity index (χ1) is 6.49. The van der Waals surface area contributed by atoms with Gasteiger partial charge in [0, 0.05) is 6.54 Å². The van der Waals surface area contributed by atoms with Gasteiger partial charge in [-0.15, -0.1) is 6.58 Å². The normalized spacial score (nSPS) is 17.2. The number of carboxylic acids is 1. The zero-order valence-corrected chi connectivity index (χ0v) is 7.90. The summed E-state index contributed by atoms with van der Waals surface area (Å²) in [5.74, 6) is -1.33. The number of carbonyl (C=O) groups is 2. The maximum atomic E-state index is 11.6. The molecule has 3 N–H and O–H groups in total. The van der Waals surface area contributed by atoms with Gasteiger partial charge >= 0.3 is 5.97 Å². The molecule has 78 valence electrons. The van der Waals surface area contributed by atoms with Gasteiger partial charge in [0.25, 0.3) is 0 Å². The van der Waals surface area contributed by atoms with Crippen LogP contribution < -0.4 is 5.73 Å². The molecule has 0 saturated heterocycles. The first kappa shape index (κ1) is 10.7. The van der Waals surface area contributed by atoms with E-state index in [1.54, 1.807) is 0 Å². The smallest absolute Gasteiger partial charge is 0.323 e. The van der Waals surface area contributed by atoms with Crippen molar-refractivity contribution in [3.05, 3.63) is 12.7 Å². The number of aliphatic carboxylic acids is 1. The van der Waals surface area contributed by atoms with Gasteiger partial charge in [-0.2, -0.15) is 0 Å². The first-order valence-electron chi connectivity index (χ1n) is 4.40. The summed E-state index contributed by atoms with van der Waals surface area (Å²) in [6, 6.07) is 0. The number of nitrogens with two attached hydrogens (primary N) is 1. The summed E-state index contributed by atoms with van der Waals surface area (Å²) >= 11 is 0. The van der Waals surface area contributed by atoms with Crippen molar-refractivity contribution in [3.63, 3.8) is 0 Å². The van der Waals surface area contributed by atoms with E-state index >= 15 is 0 Å². The predicted molar refractivity (Wildman–Crippen MR) is 50.6 cm³/mol. The Balaban J connectivity index is 2.61. The molecule has 1 fully saturated rings. The van der Waals surface area contributed by atoms with Crippen LogP contribution >= 0.6 is 0 Å². The van der Waals surface area contributed by atoms with Gasteiger partial charge < -0.3 is 15.7 Å². The molecular weight excluding hydrogens is 184 g/mol. The Morgan fingerprint density at radius 3 is 2.50 bits per heavy atom. The number of carboxylic acid groups (broad SMARTS) is 1. The Morgan fingerprint density at radius 1 is 1.57 bits per heavy atom. The van der Waals surface area contributed by atoms with Gasteiger partial charge in [-0.3, -0.25) is 9.59 Å². The van der Waals surface area contributed by atoms with E-state index in [2.05, 4.69) is 6.58 Å². The molecule has 0 heterocycles. The quantitative estimate of drug-likeness (QED) is 0.587. The Morgan fingerprint density at radius 2 is 2.14 bits per heavy atom. The van der Waals surface area contributed by atoms with E-state index < -0.39 is 11.5 Å². The SMILES string of the molecule is C=CCN(CC(=O)O)C(=O)C1(N)CC1. The molecule has 14 heavy (non-hydrogen) atoms. The van der Waals surface area contributed by atoms with Crippen LogP contribution in [0.3, 0.4) is 0 Å². The molecule has 1 aliphatic carbocycles. The van der Waals surface area contributed by atoms with Crippen LogP contribution in [0.15, 0.2) is 12.7 Å². The van der Waals surface area contributed by atoms with Gasteiger partial charge in [-0.05, 0) is 12.8 Å². The minimum atomic E-state index is -1.04. The third kappa shape index (κ3) is 2.32. The molecule has 5 nitrogen and oxygen atoms in total. The monoisotopic (exact) mass is 198 g/mol. The summed E-state index contributed by atoms with van der Waals surface area (Å²) in [4.78, 5) is 23.3. The van der Waals surface area contributed by atoms with Gasteiger partial charge in [0.2, 0.25) is 5.91 Å². The minimum Gasteiger partial charge on any atom is -0.480 e. The Hall–Kier alpha value is -1.36. The van der Waals surface area contributed by atoms with Crippen molar-refractivity contribution in [1.29, 1.82) is 0 Å². The maximum absolute atomic E-state index is 11.6. The van der Waals surface area contributed by atoms with Crippen molar-refractivity contribution >= 4 is 11.9 Å². The summed E-state index contributed by atoms with van der Waals surface area (Å²) in [6.07, 6.45) is 2.77. The summed E-state index contributed by atoms with van der Waals surface area (Å²) in [5.41, 5.74) is 4.87. The highest BCUT2D eigenvalue weighted by Crippen LogP contribution is 2.33. The fourth-order valence-electron chi connectivity index (χ4n) is 1.20. The van der Waals surface area contributed by atoms with Gasteiger partial charge in [0.05, 0.1) is 5.54 Å². The van der Waals surface area contributed by atoms with Crippen LogP contribution in [0.25, 0.3) is 0 Å². The standard InChI is InChI=1S/C9H14N2O3/c1-2-5-11(6-7(12)13)8(14)9(10)3-4-9/h2H,1,3-6,10H2,(H,12,13). The van der Waals surface area contributed by atoms with Crippen molar-refractivity contribution in [2.24, 2.45) is 5.73 Å². The highest BCUT2D eigenvalue weighted by molar-refractivity contribution is 5.91. The van der Waals surface area contributed by atoms with Crippen LogP contribution in [0.4, 0.5) is 0 Å². The molecule has 0 bridgehead atoms. The number of hydrogen-bond donors (Lipinski definition) is 2. The minimum absolute atomic E-state index is 0.226. The zero-order valence-electron chi connectivity index (χ0n) is 7.90. The van der Waals surface area contributed by atoms with Crippen LogP contribution in [-0.2, 0) is 9.59 Å². The predicted octanol–water partition coefficient (Wildman–Crippen LogP) is -0.423. The molecule has 5 heteroatoms. The van der Waals surface area contributed by atoms with Gasteiger partial charge in [0.1, 0.15) is 6.54 Å². The molecule has 0 aromatic rings. The Kier molecular flexibility index (Phi) is 2.90. The van der Waals surface area contributed by atoms with Crippen LogP contribution in [0.5, 0.6) is 0 Å². The van der Waals surface area contributed by atoms with Gasteiger partial charge in [-0.25, -0.2) is 0 Å². The number of carbonyl (C=O) groups excluding carboxylic acids is 1. The Labute approximate surface area is 82.2 Å². The van der Waals surface area contributed by atoms with E-state index in [4.69, 9.17) is 10.8 Å². The van der Waals surface area contributed by atoms with Crippen LogP contribution in [-0.4, -0.2) is 40.5 Å². The molecule has 1 amide bonds. The highest BCUT2D eigenvalue weighted by Gasteiger charge is 2.48. The molecule has 0 spiro atoms. The lowest BCUT2D eigenvalue weighted by molar-refractivity contribution is -0.145. The fraction of sp³-hybridized carbons (Fsp3) is 0.556. The number of hydrogen-bond acceptors (Lipinski definition) is 3. The topological polar surface area (TPSA) is 83.6 Å². The largest absolute Gasteiger partial charge is 0.480 e. The van der Waals surface area contributed by atoms with Crippen molar-refractivity contribution in [2.75, 3.05) is 13.1 Å². The van der Waals surface area contributed by atoms with Crippen LogP contribution in [0.2, 0.25) is 0 Å². The molecule has 1 aliphatic rings. The van der Waals surface area contributed by atoms with Crippen molar-refractivity contribution in [1.82, 2.24) is 4.90 Å². The second-order valence-electron chi connectivity index (χ2n) is 3.52. The number of nitrogens with zero attached hydrogens (tertiary/aromatic N) is 1. The summed E-state index contributed by atoms with van der Waals surface area (Å²) in [6.45, 7) is 3.38. The summed E-state index contributed by atoms with van der Waals surface area (Å²) < 4.78 is 0. The van der Waals surface area contributed by atoms with E-state index in [1.165, 1.54) is 11.0 Å². The van der Waals surface area contributed by atoms with Crippen LogP contribution in [0, 0.1) is 0 Å². The average molecular weight is 198 g/mol. The van der Waals surface area contributed by atoms with Crippen molar-refractivity contribution < 1.29 is 14.7 Å². The highest BCUT2D eigenvalue weighted by atomic mass is 16.4. The van der Waals surface area contributed by atoms with E-state index in [0.29, 0.717) is 12.8 Å². The molecule has 0 aliphatic heterocycles. The fourth-order valence-corrected chi connectivity index (χ4v) is 1.20.